The zero-order valence-corrected chi connectivity index (χ0v) is 9.93. The van der Waals surface area contributed by atoms with Crippen molar-refractivity contribution in [1.29, 1.82) is 0 Å². The smallest absolute Gasteiger partial charge is 0.0897 e. The molecule has 0 saturated heterocycles. The molecule has 3 nitrogen and oxygen atoms in total. The van der Waals surface area contributed by atoms with Crippen LogP contribution < -0.4 is 5.73 Å². The lowest BCUT2D eigenvalue weighted by Gasteiger charge is -2.26. The number of aryl methyl sites for hydroxylation is 1. The fraction of sp³-hybridized carbons (Fsp3) is 0.727. The van der Waals surface area contributed by atoms with Gasteiger partial charge >= 0.3 is 0 Å². The number of nitrogens with zero attached hydrogens (tertiary/aromatic N) is 1. The highest BCUT2D eigenvalue weighted by molar-refractivity contribution is 7.11. The van der Waals surface area contributed by atoms with E-state index in [1.165, 1.54) is 11.3 Å². The molecule has 1 heterocycles. The molecule has 0 spiro atoms. The molecule has 2 unspecified atom stereocenters. The molecule has 2 atom stereocenters. The van der Waals surface area contributed by atoms with Crippen molar-refractivity contribution in [3.8, 4) is 0 Å². The maximum absolute atomic E-state index is 5.91. The summed E-state index contributed by atoms with van der Waals surface area (Å²) in [6.07, 6.45) is 6.79. The Balaban J connectivity index is 1.77. The molecule has 2 N–H and O–H groups in total. The molecular formula is C11H18N2OS. The van der Waals surface area contributed by atoms with E-state index in [2.05, 4.69) is 4.98 Å². The first-order valence-corrected chi connectivity index (χ1v) is 6.34. The number of nitrogens with two attached hydrogens (primary N) is 1. The van der Waals surface area contributed by atoms with Gasteiger partial charge in [-0.05, 0) is 32.6 Å². The van der Waals surface area contributed by atoms with E-state index in [4.69, 9.17) is 10.5 Å². The van der Waals surface area contributed by atoms with Crippen LogP contribution in [0.3, 0.4) is 0 Å². The van der Waals surface area contributed by atoms with Gasteiger partial charge in [0.15, 0.2) is 0 Å². The first-order chi connectivity index (χ1) is 7.24. The lowest BCUT2D eigenvalue weighted by Crippen LogP contribution is -2.32. The van der Waals surface area contributed by atoms with Gasteiger partial charge in [-0.3, -0.25) is 0 Å². The molecule has 0 amide bonds. The minimum Gasteiger partial charge on any atom is -0.373 e. The van der Waals surface area contributed by atoms with E-state index in [9.17, 15) is 0 Å². The van der Waals surface area contributed by atoms with Crippen LogP contribution in [0.5, 0.6) is 0 Å². The van der Waals surface area contributed by atoms with Gasteiger partial charge in [-0.2, -0.15) is 0 Å². The van der Waals surface area contributed by atoms with Crippen molar-refractivity contribution in [2.24, 2.45) is 5.73 Å². The van der Waals surface area contributed by atoms with Crippen molar-refractivity contribution in [3.05, 3.63) is 16.1 Å². The minimum atomic E-state index is 0.340. The first-order valence-electron chi connectivity index (χ1n) is 5.52. The van der Waals surface area contributed by atoms with Crippen LogP contribution in [0.25, 0.3) is 0 Å². The molecule has 0 aliphatic heterocycles. The lowest BCUT2D eigenvalue weighted by molar-refractivity contribution is 0.0135. The van der Waals surface area contributed by atoms with Gasteiger partial charge in [0.05, 0.1) is 22.6 Å². The van der Waals surface area contributed by atoms with Gasteiger partial charge in [0.25, 0.3) is 0 Å². The largest absolute Gasteiger partial charge is 0.373 e. The highest BCUT2D eigenvalue weighted by Crippen LogP contribution is 2.22. The predicted molar refractivity (Wildman–Crippen MR) is 61.9 cm³/mol. The molecule has 1 aromatic heterocycles. The van der Waals surface area contributed by atoms with Crippen LogP contribution in [-0.2, 0) is 11.3 Å². The Kier molecular flexibility index (Phi) is 3.72. The van der Waals surface area contributed by atoms with Crippen molar-refractivity contribution in [2.45, 2.75) is 51.4 Å². The van der Waals surface area contributed by atoms with E-state index < -0.39 is 0 Å². The molecule has 1 aromatic rings. The fourth-order valence-corrected chi connectivity index (χ4v) is 2.72. The molecule has 15 heavy (non-hydrogen) atoms. The summed E-state index contributed by atoms with van der Waals surface area (Å²) in [5.74, 6) is 0. The summed E-state index contributed by atoms with van der Waals surface area (Å²) in [5.41, 5.74) is 5.91. The van der Waals surface area contributed by atoms with Crippen LogP contribution in [0.15, 0.2) is 6.20 Å². The SMILES string of the molecule is Cc1ncc(COC2CCCC(N)C2)s1. The Bertz CT molecular complexity index is 313. The summed E-state index contributed by atoms with van der Waals surface area (Å²) in [6.45, 7) is 2.72. The van der Waals surface area contributed by atoms with Crippen LogP contribution in [0.1, 0.15) is 35.6 Å². The van der Waals surface area contributed by atoms with Gasteiger partial charge in [0.1, 0.15) is 0 Å². The van der Waals surface area contributed by atoms with Gasteiger partial charge in [-0.15, -0.1) is 11.3 Å². The van der Waals surface area contributed by atoms with Crippen molar-refractivity contribution in [1.82, 2.24) is 4.98 Å². The number of aromatic nitrogens is 1. The molecule has 1 fully saturated rings. The Hall–Kier alpha value is -0.450. The summed E-state index contributed by atoms with van der Waals surface area (Å²) in [6, 6.07) is 0.340. The Morgan fingerprint density at radius 3 is 3.13 bits per heavy atom. The normalized spacial score (nSPS) is 26.8. The number of hydrogen-bond donors (Lipinski definition) is 1. The number of rotatable bonds is 3. The lowest BCUT2D eigenvalue weighted by atomic mass is 9.94. The van der Waals surface area contributed by atoms with E-state index in [1.807, 2.05) is 13.1 Å². The third-order valence-corrected chi connectivity index (χ3v) is 3.68. The molecule has 0 bridgehead atoms. The van der Waals surface area contributed by atoms with Crippen LogP contribution in [0.2, 0.25) is 0 Å². The molecular weight excluding hydrogens is 208 g/mol. The maximum atomic E-state index is 5.91. The molecule has 0 aromatic carbocycles. The van der Waals surface area contributed by atoms with Gasteiger partial charge < -0.3 is 10.5 Å². The van der Waals surface area contributed by atoms with Crippen LogP contribution in [-0.4, -0.2) is 17.1 Å². The maximum Gasteiger partial charge on any atom is 0.0897 e. The molecule has 0 radical (unpaired) electrons. The molecule has 1 aliphatic carbocycles. The average Bonchev–Trinajstić information content (AvgIpc) is 2.62. The topological polar surface area (TPSA) is 48.1 Å². The first kappa shape index (κ1) is 11.0. The minimum absolute atomic E-state index is 0.340. The summed E-state index contributed by atoms with van der Waals surface area (Å²) in [5, 5.41) is 1.11. The Morgan fingerprint density at radius 2 is 2.47 bits per heavy atom. The van der Waals surface area contributed by atoms with Crippen molar-refractivity contribution in [2.75, 3.05) is 0 Å². The third-order valence-electron chi connectivity index (χ3n) is 2.80. The van der Waals surface area contributed by atoms with E-state index >= 15 is 0 Å². The quantitative estimate of drug-likeness (QED) is 0.860. The van der Waals surface area contributed by atoms with Crippen LogP contribution in [0, 0.1) is 6.92 Å². The van der Waals surface area contributed by atoms with Crippen molar-refractivity contribution < 1.29 is 4.74 Å². The number of hydrogen-bond acceptors (Lipinski definition) is 4. The number of ether oxygens (including phenoxy) is 1. The standard InChI is InChI=1S/C11H18N2OS/c1-8-13-6-11(15-8)7-14-10-4-2-3-9(12)5-10/h6,9-10H,2-5,7,12H2,1H3. The second-order valence-electron chi connectivity index (χ2n) is 4.21. The predicted octanol–water partition coefficient (Wildman–Crippen LogP) is 2.24. The summed E-state index contributed by atoms with van der Waals surface area (Å²) < 4.78 is 5.84. The second-order valence-corrected chi connectivity index (χ2v) is 5.52. The fourth-order valence-electron chi connectivity index (χ4n) is 2.00. The summed E-state index contributed by atoms with van der Waals surface area (Å²) >= 11 is 1.71. The molecule has 4 heteroatoms. The highest BCUT2D eigenvalue weighted by Gasteiger charge is 2.19. The van der Waals surface area contributed by atoms with Crippen molar-refractivity contribution in [3.63, 3.8) is 0 Å². The molecule has 84 valence electrons. The summed E-state index contributed by atoms with van der Waals surface area (Å²) in [4.78, 5) is 5.42. The van der Waals surface area contributed by atoms with Crippen LogP contribution >= 0.6 is 11.3 Å². The highest BCUT2D eigenvalue weighted by atomic mass is 32.1. The van der Waals surface area contributed by atoms with Gasteiger partial charge in [-0.1, -0.05) is 0 Å². The van der Waals surface area contributed by atoms with Gasteiger partial charge in [0.2, 0.25) is 0 Å². The van der Waals surface area contributed by atoms with E-state index in [0.29, 0.717) is 18.8 Å². The monoisotopic (exact) mass is 226 g/mol. The molecule has 1 aliphatic rings. The van der Waals surface area contributed by atoms with Gasteiger partial charge in [0, 0.05) is 12.2 Å². The number of thiazole rings is 1. The van der Waals surface area contributed by atoms with Crippen molar-refractivity contribution >= 4 is 11.3 Å². The molecule has 1 saturated carbocycles. The Morgan fingerprint density at radius 1 is 1.60 bits per heavy atom. The van der Waals surface area contributed by atoms with E-state index in [0.717, 1.165) is 24.3 Å². The van der Waals surface area contributed by atoms with E-state index in [-0.39, 0.29) is 0 Å². The average molecular weight is 226 g/mol. The zero-order valence-electron chi connectivity index (χ0n) is 9.11. The summed E-state index contributed by atoms with van der Waals surface area (Å²) in [7, 11) is 0. The Labute approximate surface area is 94.7 Å². The zero-order chi connectivity index (χ0) is 10.7. The van der Waals surface area contributed by atoms with E-state index in [1.54, 1.807) is 11.3 Å². The third kappa shape index (κ3) is 3.26. The molecule has 2 rings (SSSR count). The van der Waals surface area contributed by atoms with Crippen LogP contribution in [0.4, 0.5) is 0 Å². The van der Waals surface area contributed by atoms with Gasteiger partial charge in [-0.25, -0.2) is 4.98 Å². The second kappa shape index (κ2) is 5.05.